The molecule has 2 aliphatic rings. The van der Waals surface area contributed by atoms with Gasteiger partial charge in [-0.15, -0.1) is 0 Å². The Balaban J connectivity index is 1.37. The highest BCUT2D eigenvalue weighted by atomic mass is 19.1. The van der Waals surface area contributed by atoms with Gasteiger partial charge in [-0.2, -0.15) is 0 Å². The van der Waals surface area contributed by atoms with Crippen molar-refractivity contribution in [3.05, 3.63) is 65.0 Å². The lowest BCUT2D eigenvalue weighted by atomic mass is 9.84. The van der Waals surface area contributed by atoms with Crippen molar-refractivity contribution in [2.45, 2.75) is 31.9 Å². The van der Waals surface area contributed by atoms with Crippen LogP contribution in [-0.2, 0) is 16.9 Å². The molecule has 2 heterocycles. The molecule has 0 aromatic heterocycles. The fraction of sp³-hybridized carbons (Fsp3) is 0.478. The first kappa shape index (κ1) is 19.4. The molecule has 5 heteroatoms. The Hall–Kier alpha value is -1.95. The highest BCUT2D eigenvalue weighted by Crippen LogP contribution is 2.33. The SMILES string of the molecule is Cc1ccc(C2(O)CCN(Cc3ccc(N4CCOCC4)c(F)c3)CC2)cc1. The van der Waals surface area contributed by atoms with E-state index < -0.39 is 5.60 Å². The number of nitrogens with zero attached hydrogens (tertiary/aromatic N) is 2. The van der Waals surface area contributed by atoms with Crippen molar-refractivity contribution in [2.75, 3.05) is 44.3 Å². The number of likely N-dealkylation sites (tertiary alicyclic amines) is 1. The van der Waals surface area contributed by atoms with E-state index in [0.717, 1.165) is 37.3 Å². The number of rotatable bonds is 4. The standard InChI is InChI=1S/C23H29FN2O2/c1-18-2-5-20(6-3-18)23(27)8-10-25(11-9-23)17-19-4-7-22(21(24)16-19)26-12-14-28-15-13-26/h2-7,16,27H,8-15,17H2,1H3. The highest BCUT2D eigenvalue weighted by Gasteiger charge is 2.33. The van der Waals surface area contributed by atoms with Gasteiger partial charge >= 0.3 is 0 Å². The van der Waals surface area contributed by atoms with Crippen LogP contribution in [0.4, 0.5) is 10.1 Å². The quantitative estimate of drug-likeness (QED) is 0.876. The molecule has 2 aliphatic heterocycles. The summed E-state index contributed by atoms with van der Waals surface area (Å²) < 4.78 is 20.0. The fourth-order valence-corrected chi connectivity index (χ4v) is 4.20. The van der Waals surface area contributed by atoms with Crippen molar-refractivity contribution in [1.29, 1.82) is 0 Å². The normalized spacial score (nSPS) is 20.3. The number of aryl methyl sites for hydroxylation is 1. The molecule has 0 atom stereocenters. The summed E-state index contributed by atoms with van der Waals surface area (Å²) in [6.45, 7) is 7.15. The molecule has 4 rings (SSSR count). The minimum atomic E-state index is -0.754. The molecule has 2 saturated heterocycles. The van der Waals surface area contributed by atoms with Gasteiger partial charge in [-0.3, -0.25) is 4.90 Å². The molecule has 28 heavy (non-hydrogen) atoms. The molecule has 0 unspecified atom stereocenters. The molecule has 2 aromatic carbocycles. The summed E-state index contributed by atoms with van der Waals surface area (Å²) in [5.74, 6) is -0.160. The summed E-state index contributed by atoms with van der Waals surface area (Å²) >= 11 is 0. The van der Waals surface area contributed by atoms with E-state index in [4.69, 9.17) is 4.74 Å². The largest absolute Gasteiger partial charge is 0.385 e. The molecule has 2 aromatic rings. The number of ether oxygens (including phenoxy) is 1. The zero-order valence-electron chi connectivity index (χ0n) is 16.5. The first-order valence-corrected chi connectivity index (χ1v) is 10.2. The molecule has 0 aliphatic carbocycles. The van der Waals surface area contributed by atoms with Gasteiger partial charge in [-0.1, -0.05) is 35.9 Å². The Bertz CT molecular complexity index is 795. The molecule has 1 N–H and O–H groups in total. The van der Waals surface area contributed by atoms with E-state index in [0.29, 0.717) is 38.3 Å². The van der Waals surface area contributed by atoms with E-state index in [1.54, 1.807) is 6.07 Å². The molecular weight excluding hydrogens is 355 g/mol. The number of morpholine rings is 1. The monoisotopic (exact) mass is 384 g/mol. The number of hydrogen-bond acceptors (Lipinski definition) is 4. The third-order valence-corrected chi connectivity index (χ3v) is 6.04. The Morgan fingerprint density at radius 2 is 1.68 bits per heavy atom. The Morgan fingerprint density at radius 1 is 1.00 bits per heavy atom. The van der Waals surface area contributed by atoms with Crippen LogP contribution >= 0.6 is 0 Å². The molecule has 0 bridgehead atoms. The Morgan fingerprint density at radius 3 is 2.32 bits per heavy atom. The Kier molecular flexibility index (Phi) is 5.67. The number of benzene rings is 2. The van der Waals surface area contributed by atoms with Gasteiger partial charge in [0.2, 0.25) is 0 Å². The molecule has 0 radical (unpaired) electrons. The highest BCUT2D eigenvalue weighted by molar-refractivity contribution is 5.49. The van der Waals surface area contributed by atoms with Crippen LogP contribution in [0.1, 0.15) is 29.5 Å². The van der Waals surface area contributed by atoms with Crippen LogP contribution in [0.25, 0.3) is 0 Å². The lowest BCUT2D eigenvalue weighted by molar-refractivity contribution is -0.0277. The van der Waals surface area contributed by atoms with Gasteiger partial charge in [0.1, 0.15) is 5.82 Å². The smallest absolute Gasteiger partial charge is 0.146 e. The van der Waals surface area contributed by atoms with Crippen molar-refractivity contribution in [3.8, 4) is 0 Å². The number of aliphatic hydroxyl groups is 1. The maximum Gasteiger partial charge on any atom is 0.146 e. The summed E-state index contributed by atoms with van der Waals surface area (Å²) in [6.07, 6.45) is 1.40. The summed E-state index contributed by atoms with van der Waals surface area (Å²) in [6, 6.07) is 13.7. The molecule has 2 fully saturated rings. The zero-order chi connectivity index (χ0) is 19.6. The predicted octanol–water partition coefficient (Wildman–Crippen LogP) is 3.45. The van der Waals surface area contributed by atoms with Crippen molar-refractivity contribution in [3.63, 3.8) is 0 Å². The van der Waals surface area contributed by atoms with E-state index in [1.807, 2.05) is 29.2 Å². The van der Waals surface area contributed by atoms with Crippen LogP contribution in [0.2, 0.25) is 0 Å². The molecule has 0 spiro atoms. The topological polar surface area (TPSA) is 35.9 Å². The third kappa shape index (κ3) is 4.22. The maximum atomic E-state index is 14.6. The summed E-state index contributed by atoms with van der Waals surface area (Å²) in [7, 11) is 0. The van der Waals surface area contributed by atoms with Crippen molar-refractivity contribution < 1.29 is 14.2 Å². The second kappa shape index (κ2) is 8.19. The van der Waals surface area contributed by atoms with E-state index in [1.165, 1.54) is 5.56 Å². The van der Waals surface area contributed by atoms with Crippen LogP contribution in [0.3, 0.4) is 0 Å². The van der Waals surface area contributed by atoms with Gasteiger partial charge in [0, 0.05) is 32.7 Å². The fourth-order valence-electron chi connectivity index (χ4n) is 4.20. The van der Waals surface area contributed by atoms with Crippen LogP contribution in [0.15, 0.2) is 42.5 Å². The van der Waals surface area contributed by atoms with E-state index in [-0.39, 0.29) is 5.82 Å². The zero-order valence-corrected chi connectivity index (χ0v) is 16.5. The average molecular weight is 384 g/mol. The lowest BCUT2D eigenvalue weighted by Crippen LogP contribution is -2.42. The summed E-state index contributed by atoms with van der Waals surface area (Å²) in [5, 5.41) is 11.0. The second-order valence-electron chi connectivity index (χ2n) is 8.06. The Labute approximate surface area is 166 Å². The maximum absolute atomic E-state index is 14.6. The molecule has 4 nitrogen and oxygen atoms in total. The number of anilines is 1. The first-order valence-electron chi connectivity index (χ1n) is 10.2. The number of halogens is 1. The van der Waals surface area contributed by atoms with Crippen molar-refractivity contribution in [2.24, 2.45) is 0 Å². The molecule has 0 amide bonds. The van der Waals surface area contributed by atoms with Crippen LogP contribution in [0, 0.1) is 12.7 Å². The van der Waals surface area contributed by atoms with E-state index >= 15 is 0 Å². The summed E-state index contributed by atoms with van der Waals surface area (Å²) in [5.41, 5.74) is 3.09. The van der Waals surface area contributed by atoms with Gasteiger partial charge in [-0.05, 0) is 43.0 Å². The lowest BCUT2D eigenvalue weighted by Gasteiger charge is -2.38. The predicted molar refractivity (Wildman–Crippen MR) is 109 cm³/mol. The molecule has 150 valence electrons. The molecule has 0 saturated carbocycles. The van der Waals surface area contributed by atoms with Gasteiger partial charge in [0.25, 0.3) is 0 Å². The van der Waals surface area contributed by atoms with Gasteiger partial charge in [0.15, 0.2) is 0 Å². The van der Waals surface area contributed by atoms with Gasteiger partial charge in [-0.25, -0.2) is 4.39 Å². The first-order chi connectivity index (χ1) is 13.5. The van der Waals surface area contributed by atoms with E-state index in [9.17, 15) is 9.50 Å². The van der Waals surface area contributed by atoms with Crippen molar-refractivity contribution in [1.82, 2.24) is 4.90 Å². The van der Waals surface area contributed by atoms with Crippen LogP contribution in [-0.4, -0.2) is 49.4 Å². The van der Waals surface area contributed by atoms with Crippen LogP contribution < -0.4 is 4.90 Å². The molecular formula is C23H29FN2O2. The summed E-state index contributed by atoms with van der Waals surface area (Å²) in [4.78, 5) is 4.34. The number of piperidine rings is 1. The number of hydrogen-bond donors (Lipinski definition) is 1. The van der Waals surface area contributed by atoms with E-state index in [2.05, 4.69) is 24.0 Å². The minimum absolute atomic E-state index is 0.160. The van der Waals surface area contributed by atoms with Crippen LogP contribution in [0.5, 0.6) is 0 Å². The second-order valence-corrected chi connectivity index (χ2v) is 8.06. The third-order valence-electron chi connectivity index (χ3n) is 6.04. The van der Waals surface area contributed by atoms with Gasteiger partial charge in [0.05, 0.1) is 24.5 Å². The minimum Gasteiger partial charge on any atom is -0.385 e. The van der Waals surface area contributed by atoms with Gasteiger partial charge < -0.3 is 14.7 Å². The van der Waals surface area contributed by atoms with Crippen molar-refractivity contribution >= 4 is 5.69 Å². The average Bonchev–Trinajstić information content (AvgIpc) is 2.71.